The number of para-hydroxylation sites is 2. The fraction of sp³-hybridized carbons (Fsp3) is 0.222. The molecule has 2 rings (SSSR count). The molecule has 2 aromatic rings. The van der Waals surface area contributed by atoms with Gasteiger partial charge in [-0.25, -0.2) is 9.59 Å². The van der Waals surface area contributed by atoms with Gasteiger partial charge in [0, 0.05) is 0 Å². The van der Waals surface area contributed by atoms with E-state index in [2.05, 4.69) is 15.4 Å². The molecule has 6 nitrogen and oxygen atoms in total. The van der Waals surface area contributed by atoms with Gasteiger partial charge < -0.3 is 20.1 Å². The third kappa shape index (κ3) is 4.49. The molecule has 0 saturated carbocycles. The molecule has 2 amide bonds. The highest BCUT2D eigenvalue weighted by Gasteiger charge is 2.13. The van der Waals surface area contributed by atoms with E-state index in [1.807, 2.05) is 31.2 Å². The van der Waals surface area contributed by atoms with Crippen molar-refractivity contribution in [1.82, 2.24) is 5.32 Å². The number of aryl methyl sites for hydroxylation is 1. The molecule has 0 bridgehead atoms. The first-order valence-electron chi connectivity index (χ1n) is 7.58. The largest absolute Gasteiger partial charge is 0.473 e. The summed E-state index contributed by atoms with van der Waals surface area (Å²) in [5.74, 6) is 0.217. The number of urea groups is 1. The minimum atomic E-state index is -0.515. The molecule has 126 valence electrons. The molecule has 0 radical (unpaired) electrons. The van der Waals surface area contributed by atoms with E-state index in [0.29, 0.717) is 5.69 Å². The van der Waals surface area contributed by atoms with Crippen molar-refractivity contribution in [3.8, 4) is 5.75 Å². The Kier molecular flexibility index (Phi) is 6.19. The zero-order valence-electron chi connectivity index (χ0n) is 13.7. The maximum atomic E-state index is 12.0. The van der Waals surface area contributed by atoms with Crippen molar-refractivity contribution in [2.24, 2.45) is 0 Å². The predicted octanol–water partition coefficient (Wildman–Crippen LogP) is 3.19. The molecule has 2 aromatic carbocycles. The second kappa shape index (κ2) is 8.57. The van der Waals surface area contributed by atoms with Crippen LogP contribution in [0, 0.1) is 0 Å². The first-order chi connectivity index (χ1) is 11.7. The highest BCUT2D eigenvalue weighted by atomic mass is 16.5. The molecule has 0 heterocycles. The highest BCUT2D eigenvalue weighted by molar-refractivity contribution is 6.00. The average molecular weight is 328 g/mol. The minimum absolute atomic E-state index is 0.0171. The summed E-state index contributed by atoms with van der Waals surface area (Å²) in [5.41, 5.74) is 1.72. The molecular formula is C18H20N2O4. The Balaban J connectivity index is 1.91. The van der Waals surface area contributed by atoms with Crippen molar-refractivity contribution >= 4 is 17.7 Å². The summed E-state index contributed by atoms with van der Waals surface area (Å²) in [6.07, 6.45) is 0.842. The maximum absolute atomic E-state index is 12.0. The third-order valence-electron chi connectivity index (χ3n) is 3.39. The van der Waals surface area contributed by atoms with Crippen LogP contribution in [0.25, 0.3) is 0 Å². The van der Waals surface area contributed by atoms with Crippen LogP contribution in [0.15, 0.2) is 48.5 Å². The summed E-state index contributed by atoms with van der Waals surface area (Å²) in [6.45, 7) is 2.05. The van der Waals surface area contributed by atoms with E-state index in [1.165, 1.54) is 7.11 Å². The number of hydrogen-bond acceptors (Lipinski definition) is 4. The Bertz CT molecular complexity index is 716. The molecule has 0 aromatic heterocycles. The Morgan fingerprint density at radius 2 is 1.75 bits per heavy atom. The number of anilines is 1. The van der Waals surface area contributed by atoms with Crippen molar-refractivity contribution in [3.05, 3.63) is 59.7 Å². The lowest BCUT2D eigenvalue weighted by Gasteiger charge is -2.13. The van der Waals surface area contributed by atoms with Gasteiger partial charge >= 0.3 is 12.0 Å². The molecule has 0 aliphatic heterocycles. The lowest BCUT2D eigenvalue weighted by molar-refractivity contribution is 0.0602. The van der Waals surface area contributed by atoms with Crippen LogP contribution in [-0.4, -0.2) is 25.8 Å². The lowest BCUT2D eigenvalue weighted by atomic mass is 10.1. The average Bonchev–Trinajstić information content (AvgIpc) is 2.62. The van der Waals surface area contributed by atoms with E-state index < -0.39 is 12.0 Å². The lowest BCUT2D eigenvalue weighted by Crippen LogP contribution is -2.32. The third-order valence-corrected chi connectivity index (χ3v) is 3.39. The van der Waals surface area contributed by atoms with Crippen LogP contribution in [0.2, 0.25) is 0 Å². The first kappa shape index (κ1) is 17.3. The van der Waals surface area contributed by atoms with Gasteiger partial charge in [-0.1, -0.05) is 37.3 Å². The Hall–Kier alpha value is -3.02. The number of esters is 1. The van der Waals surface area contributed by atoms with Crippen LogP contribution in [-0.2, 0) is 11.2 Å². The van der Waals surface area contributed by atoms with Gasteiger partial charge in [-0.05, 0) is 30.2 Å². The summed E-state index contributed by atoms with van der Waals surface area (Å²) in [7, 11) is 1.29. The highest BCUT2D eigenvalue weighted by Crippen LogP contribution is 2.18. The zero-order chi connectivity index (χ0) is 17.4. The zero-order valence-corrected chi connectivity index (χ0v) is 13.7. The summed E-state index contributed by atoms with van der Waals surface area (Å²) in [4.78, 5) is 23.6. The van der Waals surface area contributed by atoms with E-state index in [9.17, 15) is 9.59 Å². The quantitative estimate of drug-likeness (QED) is 0.631. The van der Waals surface area contributed by atoms with Crippen LogP contribution in [0.4, 0.5) is 10.5 Å². The number of amides is 2. The topological polar surface area (TPSA) is 76.7 Å². The number of methoxy groups -OCH3 is 1. The van der Waals surface area contributed by atoms with Gasteiger partial charge in [0.05, 0.1) is 18.4 Å². The van der Waals surface area contributed by atoms with Crippen LogP contribution < -0.4 is 15.4 Å². The standard InChI is InChI=1S/C18H20N2O4/c1-3-13-8-4-7-11-16(13)24-12-19-18(22)20-15-10-6-5-9-14(15)17(21)23-2/h4-11H,3,12H2,1-2H3,(H2,19,20,22). The molecule has 0 unspecified atom stereocenters. The van der Waals surface area contributed by atoms with E-state index >= 15 is 0 Å². The number of rotatable bonds is 6. The van der Waals surface area contributed by atoms with Crippen LogP contribution in [0.1, 0.15) is 22.8 Å². The minimum Gasteiger partial charge on any atom is -0.473 e. The molecule has 0 aliphatic rings. The molecule has 0 saturated heterocycles. The van der Waals surface area contributed by atoms with Gasteiger partial charge in [-0.15, -0.1) is 0 Å². The summed E-state index contributed by atoms with van der Waals surface area (Å²) in [5, 5.41) is 5.20. The second-order valence-corrected chi connectivity index (χ2v) is 4.92. The SMILES string of the molecule is CCc1ccccc1OCNC(=O)Nc1ccccc1C(=O)OC. The fourth-order valence-corrected chi connectivity index (χ4v) is 2.16. The summed E-state index contributed by atoms with van der Waals surface area (Å²) < 4.78 is 10.3. The van der Waals surface area contributed by atoms with Gasteiger partial charge in [0.15, 0.2) is 6.73 Å². The van der Waals surface area contributed by atoms with Crippen molar-refractivity contribution in [3.63, 3.8) is 0 Å². The molecular weight excluding hydrogens is 308 g/mol. The smallest absolute Gasteiger partial charge is 0.339 e. The van der Waals surface area contributed by atoms with Crippen molar-refractivity contribution < 1.29 is 19.1 Å². The van der Waals surface area contributed by atoms with E-state index in [1.54, 1.807) is 24.3 Å². The van der Waals surface area contributed by atoms with E-state index in [0.717, 1.165) is 17.7 Å². The van der Waals surface area contributed by atoms with Gasteiger partial charge in [0.2, 0.25) is 0 Å². The number of carbonyl (C=O) groups is 2. The van der Waals surface area contributed by atoms with E-state index in [-0.39, 0.29) is 12.3 Å². The molecule has 0 atom stereocenters. The first-order valence-corrected chi connectivity index (χ1v) is 7.58. The van der Waals surface area contributed by atoms with Crippen molar-refractivity contribution in [1.29, 1.82) is 0 Å². The monoisotopic (exact) mass is 328 g/mol. The van der Waals surface area contributed by atoms with Gasteiger partial charge in [0.1, 0.15) is 5.75 Å². The van der Waals surface area contributed by atoms with Gasteiger partial charge in [-0.2, -0.15) is 0 Å². The van der Waals surface area contributed by atoms with E-state index in [4.69, 9.17) is 4.74 Å². The Morgan fingerprint density at radius 1 is 1.04 bits per heavy atom. The molecule has 0 aliphatic carbocycles. The molecule has 6 heteroatoms. The number of nitrogens with one attached hydrogen (secondary N) is 2. The van der Waals surface area contributed by atoms with Crippen molar-refractivity contribution in [2.75, 3.05) is 19.2 Å². The molecule has 0 spiro atoms. The van der Waals surface area contributed by atoms with Crippen LogP contribution >= 0.6 is 0 Å². The summed E-state index contributed by atoms with van der Waals surface area (Å²) in [6, 6.07) is 13.8. The molecule has 24 heavy (non-hydrogen) atoms. The molecule has 2 N–H and O–H groups in total. The second-order valence-electron chi connectivity index (χ2n) is 4.92. The predicted molar refractivity (Wildman–Crippen MR) is 91.3 cm³/mol. The van der Waals surface area contributed by atoms with Gasteiger partial charge in [-0.3, -0.25) is 0 Å². The van der Waals surface area contributed by atoms with Crippen LogP contribution in [0.5, 0.6) is 5.75 Å². The number of ether oxygens (including phenoxy) is 2. The number of carbonyl (C=O) groups excluding carboxylic acids is 2. The Labute approximate surface area is 140 Å². The number of benzene rings is 2. The van der Waals surface area contributed by atoms with Crippen LogP contribution in [0.3, 0.4) is 0 Å². The van der Waals surface area contributed by atoms with Crippen molar-refractivity contribution in [2.45, 2.75) is 13.3 Å². The number of hydrogen-bond donors (Lipinski definition) is 2. The van der Waals surface area contributed by atoms with Gasteiger partial charge in [0.25, 0.3) is 0 Å². The fourth-order valence-electron chi connectivity index (χ4n) is 2.16. The molecule has 0 fully saturated rings. The maximum Gasteiger partial charge on any atom is 0.339 e. The normalized spacial score (nSPS) is 9.92. The Morgan fingerprint density at radius 3 is 2.50 bits per heavy atom. The summed E-state index contributed by atoms with van der Waals surface area (Å²) >= 11 is 0.